The van der Waals surface area contributed by atoms with Crippen LogP contribution in [0.2, 0.25) is 9.88 Å². The topological polar surface area (TPSA) is 0 Å². The van der Waals surface area contributed by atoms with Crippen molar-refractivity contribution in [2.24, 2.45) is 0 Å². The summed E-state index contributed by atoms with van der Waals surface area (Å²) in [5.74, 6) is 0. The third-order valence-electron chi connectivity index (χ3n) is 7.12. The summed E-state index contributed by atoms with van der Waals surface area (Å²) in [6.45, 7) is 0. The third kappa shape index (κ3) is 1.84. The Bertz CT molecular complexity index is 1060. The zero-order valence-electron chi connectivity index (χ0n) is 15.2. The minimum absolute atomic E-state index is 1.24. The minimum atomic E-state index is -2.53. The first-order valence-corrected chi connectivity index (χ1v) is 18.5. The van der Waals surface area contributed by atoms with Gasteiger partial charge in [0, 0.05) is 0 Å². The van der Waals surface area contributed by atoms with E-state index in [2.05, 4.69) is 46.3 Å². The van der Waals surface area contributed by atoms with Crippen molar-refractivity contribution in [2.75, 3.05) is 0 Å². The van der Waals surface area contributed by atoms with E-state index in [1.54, 1.807) is 45.7 Å². The van der Waals surface area contributed by atoms with Crippen LogP contribution in [0.15, 0.2) is 36.4 Å². The number of hydrogen-bond donors (Lipinski definition) is 0. The van der Waals surface area contributed by atoms with E-state index in [1.165, 1.54) is 44.1 Å². The van der Waals surface area contributed by atoms with Crippen LogP contribution in [0.1, 0.15) is 35.1 Å². The van der Waals surface area contributed by atoms with Crippen LogP contribution in [-0.2, 0) is 25.7 Å². The maximum atomic E-state index is 2.65. The Balaban J connectivity index is 1.78. The van der Waals surface area contributed by atoms with Gasteiger partial charge in [-0.3, -0.25) is 0 Å². The molecule has 0 saturated carbocycles. The van der Waals surface area contributed by atoms with Crippen LogP contribution in [0.25, 0.3) is 21.9 Å². The van der Waals surface area contributed by atoms with Crippen LogP contribution < -0.4 is 7.16 Å². The van der Waals surface area contributed by atoms with Gasteiger partial charge in [0.25, 0.3) is 0 Å². The van der Waals surface area contributed by atoms with Crippen molar-refractivity contribution in [3.05, 3.63) is 58.7 Å². The molecule has 0 nitrogen and oxygen atoms in total. The number of aryl methyl sites for hydroxylation is 4. The quantitative estimate of drug-likeness (QED) is 0.456. The summed E-state index contributed by atoms with van der Waals surface area (Å²) in [5, 5.41) is 3.28. The molecule has 0 saturated heterocycles. The average Bonchev–Trinajstić information content (AvgIpc) is 3.05. The predicted molar refractivity (Wildman–Crippen MR) is 110 cm³/mol. The maximum absolute atomic E-state index is 2.65. The second-order valence-corrected chi connectivity index (χ2v) is 21.1. The molecule has 0 unspecified atom stereocenters. The molecule has 2 aliphatic carbocycles. The average molecular weight is 431 g/mol. The molecule has 0 bridgehead atoms. The molecule has 1 heteroatoms. The zero-order valence-corrected chi connectivity index (χ0v) is 18.1. The van der Waals surface area contributed by atoms with Gasteiger partial charge in [-0.2, -0.15) is 0 Å². The van der Waals surface area contributed by atoms with Crippen LogP contribution >= 0.6 is 0 Å². The molecule has 0 radical (unpaired) electrons. The van der Waals surface area contributed by atoms with Crippen LogP contribution in [0.4, 0.5) is 0 Å². The van der Waals surface area contributed by atoms with Gasteiger partial charge in [-0.25, -0.2) is 0 Å². The van der Waals surface area contributed by atoms with Crippen molar-refractivity contribution in [3.63, 3.8) is 0 Å². The van der Waals surface area contributed by atoms with Gasteiger partial charge in [0.05, 0.1) is 0 Å². The van der Waals surface area contributed by atoms with E-state index >= 15 is 0 Å². The van der Waals surface area contributed by atoms with Crippen molar-refractivity contribution in [1.82, 2.24) is 0 Å². The Kier molecular flexibility index (Phi) is 2.92. The van der Waals surface area contributed by atoms with Gasteiger partial charge in [-0.05, 0) is 0 Å². The summed E-state index contributed by atoms with van der Waals surface area (Å²) in [6, 6.07) is 15.1. The first-order chi connectivity index (χ1) is 12.1. The third-order valence-corrected chi connectivity index (χ3v) is 17.2. The molecule has 3 aliphatic rings. The fraction of sp³-hybridized carbons (Fsp3) is 0.333. The molecule has 3 aromatic carbocycles. The Morgan fingerprint density at radius 1 is 0.600 bits per heavy atom. The number of fused-ring (bicyclic) bond motifs is 3. The predicted octanol–water partition coefficient (Wildman–Crippen LogP) is 4.62. The van der Waals surface area contributed by atoms with Gasteiger partial charge >= 0.3 is 154 Å². The van der Waals surface area contributed by atoms with Crippen LogP contribution in [-0.4, -0.2) is 18.4 Å². The van der Waals surface area contributed by atoms with E-state index < -0.39 is 18.4 Å². The molecule has 25 heavy (non-hydrogen) atoms. The molecule has 0 aromatic heterocycles. The Hall–Kier alpha value is -1.28. The van der Waals surface area contributed by atoms with Crippen LogP contribution in [0, 0.1) is 0 Å². The van der Waals surface area contributed by atoms with Gasteiger partial charge < -0.3 is 0 Å². The Morgan fingerprint density at radius 3 is 2.04 bits per heavy atom. The summed E-state index contributed by atoms with van der Waals surface area (Å²) in [7, 11) is 0. The SMILES string of the molecule is [CH3][Sn]1([CH3])[c]2cc3c(cc2-c2ccc4c5c(cc[c]1c25)CC4)CCCC3. The van der Waals surface area contributed by atoms with E-state index in [0.29, 0.717) is 0 Å². The van der Waals surface area contributed by atoms with Crippen molar-refractivity contribution in [3.8, 4) is 11.1 Å². The van der Waals surface area contributed by atoms with Gasteiger partial charge in [0.2, 0.25) is 0 Å². The van der Waals surface area contributed by atoms with Crippen LogP contribution in [0.3, 0.4) is 0 Å². The summed E-state index contributed by atoms with van der Waals surface area (Å²) < 4.78 is 3.50. The van der Waals surface area contributed by atoms with E-state index in [0.717, 1.165) is 0 Å². The molecule has 0 amide bonds. The summed E-state index contributed by atoms with van der Waals surface area (Å²) >= 11 is -2.53. The van der Waals surface area contributed by atoms with E-state index in [4.69, 9.17) is 0 Å². The fourth-order valence-corrected chi connectivity index (χ4v) is 14.6. The zero-order chi connectivity index (χ0) is 16.8. The van der Waals surface area contributed by atoms with Gasteiger partial charge in [-0.15, -0.1) is 0 Å². The first-order valence-electron chi connectivity index (χ1n) is 9.89. The normalized spacial score (nSPS) is 19.0. The van der Waals surface area contributed by atoms with Gasteiger partial charge in [0.15, 0.2) is 0 Å². The number of hydrogen-bond acceptors (Lipinski definition) is 0. The first kappa shape index (κ1) is 14.8. The molecule has 0 atom stereocenters. The van der Waals surface area contributed by atoms with Crippen molar-refractivity contribution < 1.29 is 0 Å². The van der Waals surface area contributed by atoms with Gasteiger partial charge in [0.1, 0.15) is 0 Å². The monoisotopic (exact) mass is 432 g/mol. The molecular formula is C24H24Sn. The molecule has 124 valence electrons. The summed E-state index contributed by atoms with van der Waals surface area (Å²) in [4.78, 5) is 5.29. The van der Waals surface area contributed by atoms with Crippen LogP contribution in [0.5, 0.6) is 0 Å². The second-order valence-electron chi connectivity index (χ2n) is 8.79. The molecule has 0 spiro atoms. The second kappa shape index (κ2) is 4.91. The van der Waals surface area contributed by atoms with E-state index in [1.807, 2.05) is 0 Å². The number of benzene rings is 3. The van der Waals surface area contributed by atoms with Crippen molar-refractivity contribution >= 4 is 36.3 Å². The number of rotatable bonds is 0. The molecule has 3 aromatic rings. The Labute approximate surface area is 154 Å². The van der Waals surface area contributed by atoms with Crippen molar-refractivity contribution in [2.45, 2.75) is 48.4 Å². The van der Waals surface area contributed by atoms with Gasteiger partial charge in [-0.1, -0.05) is 0 Å². The molecular weight excluding hydrogens is 407 g/mol. The standard InChI is InChI=1S/C22H18.2CH3.Sn/c1-2-5-18-14-19(11-8-15(18)4-1)20-13-12-17-10-9-16-6-3-7-21(20)22(16)17;;;/h3,6,8,12-14H,1-2,4-5,9-10H2;2*1H3;. The Morgan fingerprint density at radius 2 is 1.28 bits per heavy atom. The molecule has 1 heterocycles. The van der Waals surface area contributed by atoms with E-state index in [9.17, 15) is 0 Å². The molecule has 0 N–H and O–H groups in total. The molecule has 1 aliphatic heterocycles. The van der Waals surface area contributed by atoms with Crippen molar-refractivity contribution in [1.29, 1.82) is 0 Å². The molecule has 0 fully saturated rings. The summed E-state index contributed by atoms with van der Waals surface area (Å²) in [5.41, 5.74) is 9.63. The van der Waals surface area contributed by atoms with E-state index in [-0.39, 0.29) is 0 Å². The fourth-order valence-electron chi connectivity index (χ4n) is 5.74. The summed E-state index contributed by atoms with van der Waals surface area (Å²) in [6.07, 6.45) is 7.80. The molecule has 6 rings (SSSR count).